The van der Waals surface area contributed by atoms with Crippen LogP contribution in [-0.4, -0.2) is 10.5 Å². The van der Waals surface area contributed by atoms with Gasteiger partial charge in [-0.1, -0.05) is 11.6 Å². The minimum Gasteiger partial charge on any atom is -0.342 e. The number of benzene rings is 1. The second kappa shape index (κ2) is 5.75. The molecule has 100 valence electrons. The first kappa shape index (κ1) is 14.1. The lowest BCUT2D eigenvalue weighted by molar-refractivity contribution is 0.101. The van der Waals surface area contributed by atoms with Crippen molar-refractivity contribution in [2.45, 2.75) is 13.5 Å². The van der Waals surface area contributed by atoms with E-state index in [1.54, 1.807) is 16.8 Å². The Morgan fingerprint density at radius 3 is 2.84 bits per heavy atom. The molecule has 0 atom stereocenters. The molecule has 0 aliphatic heterocycles. The van der Waals surface area contributed by atoms with Gasteiger partial charge in [-0.2, -0.15) is 0 Å². The first-order valence-electron chi connectivity index (χ1n) is 5.63. The minimum atomic E-state index is -0.371. The van der Waals surface area contributed by atoms with E-state index in [4.69, 9.17) is 11.6 Å². The number of hydrogen-bond donors (Lipinski definition) is 1. The predicted molar refractivity (Wildman–Crippen MR) is 77.2 cm³/mol. The van der Waals surface area contributed by atoms with Crippen LogP contribution in [0.1, 0.15) is 17.4 Å². The van der Waals surface area contributed by atoms with Crippen LogP contribution in [0.25, 0.3) is 0 Å². The van der Waals surface area contributed by atoms with E-state index in [9.17, 15) is 9.18 Å². The number of rotatable bonds is 3. The van der Waals surface area contributed by atoms with E-state index in [0.717, 1.165) is 0 Å². The van der Waals surface area contributed by atoms with Crippen LogP contribution in [0.4, 0.5) is 10.1 Å². The lowest BCUT2D eigenvalue weighted by Crippen LogP contribution is -2.16. The van der Waals surface area contributed by atoms with Crippen molar-refractivity contribution in [1.29, 1.82) is 0 Å². The van der Waals surface area contributed by atoms with Crippen LogP contribution in [0.15, 0.2) is 34.9 Å². The average molecular weight is 346 g/mol. The molecular formula is C13H11BrClFN2O. The SMILES string of the molecule is CCn1cc(Cl)cc1C(=O)Nc1ccc(F)cc1Br. The highest BCUT2D eigenvalue weighted by Crippen LogP contribution is 2.24. The second-order valence-electron chi connectivity index (χ2n) is 3.91. The molecule has 0 fully saturated rings. The van der Waals surface area contributed by atoms with Gasteiger partial charge >= 0.3 is 0 Å². The molecule has 2 rings (SSSR count). The van der Waals surface area contributed by atoms with Crippen LogP contribution in [0, 0.1) is 5.82 Å². The van der Waals surface area contributed by atoms with E-state index in [2.05, 4.69) is 21.2 Å². The van der Waals surface area contributed by atoms with Gasteiger partial charge in [-0.05, 0) is 47.1 Å². The zero-order chi connectivity index (χ0) is 14.0. The summed E-state index contributed by atoms with van der Waals surface area (Å²) in [5.74, 6) is -0.661. The fourth-order valence-electron chi connectivity index (χ4n) is 1.70. The monoisotopic (exact) mass is 344 g/mol. The van der Waals surface area contributed by atoms with Crippen molar-refractivity contribution < 1.29 is 9.18 Å². The van der Waals surface area contributed by atoms with Crippen LogP contribution in [0.5, 0.6) is 0 Å². The van der Waals surface area contributed by atoms with Crippen LogP contribution >= 0.6 is 27.5 Å². The van der Waals surface area contributed by atoms with Gasteiger partial charge in [0.15, 0.2) is 0 Å². The van der Waals surface area contributed by atoms with Gasteiger partial charge < -0.3 is 9.88 Å². The van der Waals surface area contributed by atoms with Crippen molar-refractivity contribution in [2.24, 2.45) is 0 Å². The van der Waals surface area contributed by atoms with E-state index in [1.807, 2.05) is 6.92 Å². The van der Waals surface area contributed by atoms with Gasteiger partial charge in [0.25, 0.3) is 5.91 Å². The molecule has 0 aliphatic carbocycles. The third-order valence-electron chi connectivity index (χ3n) is 2.62. The fraction of sp³-hybridized carbons (Fsp3) is 0.154. The Morgan fingerprint density at radius 1 is 1.47 bits per heavy atom. The zero-order valence-corrected chi connectivity index (χ0v) is 12.4. The first-order valence-corrected chi connectivity index (χ1v) is 6.80. The van der Waals surface area contributed by atoms with Gasteiger partial charge in [0.05, 0.1) is 10.7 Å². The molecule has 6 heteroatoms. The second-order valence-corrected chi connectivity index (χ2v) is 5.20. The van der Waals surface area contributed by atoms with Crippen molar-refractivity contribution in [3.05, 3.63) is 51.5 Å². The first-order chi connectivity index (χ1) is 9.01. The topological polar surface area (TPSA) is 34.0 Å². The van der Waals surface area contributed by atoms with Crippen molar-refractivity contribution >= 4 is 39.1 Å². The van der Waals surface area contributed by atoms with Gasteiger partial charge in [-0.15, -0.1) is 0 Å². The van der Waals surface area contributed by atoms with Gasteiger partial charge in [-0.3, -0.25) is 4.79 Å². The number of nitrogens with zero attached hydrogens (tertiary/aromatic N) is 1. The van der Waals surface area contributed by atoms with Crippen LogP contribution < -0.4 is 5.32 Å². The highest BCUT2D eigenvalue weighted by atomic mass is 79.9. The number of carbonyl (C=O) groups excluding carboxylic acids is 1. The molecule has 0 aliphatic rings. The quantitative estimate of drug-likeness (QED) is 0.883. The summed E-state index contributed by atoms with van der Waals surface area (Å²) in [6.07, 6.45) is 1.69. The third-order valence-corrected chi connectivity index (χ3v) is 3.48. The molecule has 0 saturated carbocycles. The van der Waals surface area contributed by atoms with Crippen LogP contribution in [-0.2, 0) is 6.54 Å². The Labute approximate surface area is 123 Å². The summed E-state index contributed by atoms with van der Waals surface area (Å²) in [4.78, 5) is 12.1. The molecule has 1 N–H and O–H groups in total. The third kappa shape index (κ3) is 3.16. The number of halogens is 3. The van der Waals surface area contributed by atoms with E-state index >= 15 is 0 Å². The van der Waals surface area contributed by atoms with Crippen molar-refractivity contribution in [3.8, 4) is 0 Å². The standard InChI is InChI=1S/C13H11BrClFN2O/c1-2-18-7-8(15)5-12(18)13(19)17-11-4-3-9(16)6-10(11)14/h3-7H,2H2,1H3,(H,17,19). The Hall–Kier alpha value is -1.33. The molecule has 1 aromatic carbocycles. The lowest BCUT2D eigenvalue weighted by atomic mass is 10.3. The summed E-state index contributed by atoms with van der Waals surface area (Å²) >= 11 is 9.09. The van der Waals surface area contributed by atoms with Crippen molar-refractivity contribution in [2.75, 3.05) is 5.32 Å². The lowest BCUT2D eigenvalue weighted by Gasteiger charge is -2.09. The Balaban J connectivity index is 2.25. The molecule has 0 radical (unpaired) electrons. The highest BCUT2D eigenvalue weighted by molar-refractivity contribution is 9.10. The summed E-state index contributed by atoms with van der Waals surface area (Å²) in [5.41, 5.74) is 0.968. The van der Waals surface area contributed by atoms with E-state index in [1.165, 1.54) is 18.2 Å². The Bertz CT molecular complexity index is 627. The fourth-order valence-corrected chi connectivity index (χ4v) is 2.38. The normalized spacial score (nSPS) is 10.5. The molecular weight excluding hydrogens is 335 g/mol. The van der Waals surface area contributed by atoms with Gasteiger partial charge in [0.2, 0.25) is 0 Å². The van der Waals surface area contributed by atoms with Gasteiger partial charge in [0.1, 0.15) is 11.5 Å². The predicted octanol–water partition coefficient (Wildman–Crippen LogP) is 4.32. The number of nitrogens with one attached hydrogen (secondary N) is 1. The van der Waals surface area contributed by atoms with E-state index in [-0.39, 0.29) is 11.7 Å². The smallest absolute Gasteiger partial charge is 0.272 e. The Kier molecular flexibility index (Phi) is 4.27. The molecule has 0 unspecified atom stereocenters. The summed E-state index contributed by atoms with van der Waals surface area (Å²) in [6.45, 7) is 2.56. The Morgan fingerprint density at radius 2 is 2.21 bits per heavy atom. The number of anilines is 1. The molecule has 0 saturated heterocycles. The molecule has 0 spiro atoms. The molecule has 1 amide bonds. The summed E-state index contributed by atoms with van der Waals surface area (Å²) in [6, 6.07) is 5.67. The number of hydrogen-bond acceptors (Lipinski definition) is 1. The molecule has 1 heterocycles. The number of amides is 1. The highest BCUT2D eigenvalue weighted by Gasteiger charge is 2.14. The summed E-state index contributed by atoms with van der Waals surface area (Å²) in [7, 11) is 0. The van der Waals surface area contributed by atoms with E-state index in [0.29, 0.717) is 27.4 Å². The maximum atomic E-state index is 13.0. The molecule has 0 bridgehead atoms. The van der Waals surface area contributed by atoms with Crippen molar-refractivity contribution in [3.63, 3.8) is 0 Å². The maximum Gasteiger partial charge on any atom is 0.272 e. The minimum absolute atomic E-state index is 0.291. The summed E-state index contributed by atoms with van der Waals surface area (Å²) in [5, 5.41) is 3.21. The van der Waals surface area contributed by atoms with Crippen LogP contribution in [0.2, 0.25) is 5.02 Å². The van der Waals surface area contributed by atoms with Crippen molar-refractivity contribution in [1.82, 2.24) is 4.57 Å². The largest absolute Gasteiger partial charge is 0.342 e. The van der Waals surface area contributed by atoms with Gasteiger partial charge in [-0.25, -0.2) is 4.39 Å². The van der Waals surface area contributed by atoms with Gasteiger partial charge in [0, 0.05) is 17.2 Å². The van der Waals surface area contributed by atoms with Crippen LogP contribution in [0.3, 0.4) is 0 Å². The maximum absolute atomic E-state index is 13.0. The molecule has 3 nitrogen and oxygen atoms in total. The number of carbonyl (C=O) groups is 1. The number of aryl methyl sites for hydroxylation is 1. The van der Waals surface area contributed by atoms with E-state index < -0.39 is 0 Å². The average Bonchev–Trinajstić information content (AvgIpc) is 2.74. The molecule has 19 heavy (non-hydrogen) atoms. The molecule has 2 aromatic rings. The molecule has 1 aromatic heterocycles. The number of aromatic nitrogens is 1. The zero-order valence-electron chi connectivity index (χ0n) is 10.1. The summed E-state index contributed by atoms with van der Waals surface area (Å²) < 4.78 is 15.2.